The molecule has 1 aliphatic rings. The number of anilines is 2. The van der Waals surface area contributed by atoms with Crippen LogP contribution in [0.15, 0.2) is 35.2 Å². The molecule has 0 saturated carbocycles. The average molecular weight is 430 g/mol. The molecule has 0 radical (unpaired) electrons. The molecule has 1 saturated heterocycles. The zero-order valence-electron chi connectivity index (χ0n) is 17.6. The van der Waals surface area contributed by atoms with Crippen molar-refractivity contribution in [3.8, 4) is 11.3 Å². The molecule has 1 atom stereocenters. The lowest BCUT2D eigenvalue weighted by Gasteiger charge is -2.31. The first-order valence-corrected chi connectivity index (χ1v) is 11.3. The normalized spacial score (nSPS) is 15.3. The molecule has 1 unspecified atom stereocenters. The highest BCUT2D eigenvalue weighted by atomic mass is 32.2. The smallest absolute Gasteiger partial charge is 0.137 e. The maximum Gasteiger partial charge on any atom is 0.137 e. The van der Waals surface area contributed by atoms with Crippen molar-refractivity contribution in [2.45, 2.75) is 30.9 Å². The van der Waals surface area contributed by atoms with Gasteiger partial charge in [-0.15, -0.1) is 11.8 Å². The van der Waals surface area contributed by atoms with Crippen LogP contribution in [-0.4, -0.2) is 67.1 Å². The minimum absolute atomic E-state index is 0.198. The minimum Gasteiger partial charge on any atom is -0.391 e. The van der Waals surface area contributed by atoms with Crippen LogP contribution in [0.25, 0.3) is 11.3 Å². The first kappa shape index (κ1) is 22.6. The van der Waals surface area contributed by atoms with E-state index in [1.54, 1.807) is 11.8 Å². The van der Waals surface area contributed by atoms with Gasteiger partial charge in [0.15, 0.2) is 0 Å². The second-order valence-electron chi connectivity index (χ2n) is 7.56. The summed E-state index contributed by atoms with van der Waals surface area (Å²) < 4.78 is 5.51. The zero-order valence-corrected chi connectivity index (χ0v) is 18.4. The quantitative estimate of drug-likeness (QED) is 0.359. The van der Waals surface area contributed by atoms with E-state index in [9.17, 15) is 5.11 Å². The standard InChI is InChI=1S/C22H31N5O2S/c1-15(2)25-22-19(13-24)21(27-6-8-29-9-7-27)11-20(26-22)16-4-3-5-18(10-16)30-14-17(28)12-23/h3-5,10-11,13,15,17,24,28H,6-9,12,14,23H2,1-2H3,(H,25,26). The average Bonchev–Trinajstić information content (AvgIpc) is 2.77. The fraction of sp³-hybridized carbons (Fsp3) is 0.455. The van der Waals surface area contributed by atoms with Crippen molar-refractivity contribution in [2.24, 2.45) is 5.73 Å². The van der Waals surface area contributed by atoms with Gasteiger partial charge < -0.3 is 31.2 Å². The largest absolute Gasteiger partial charge is 0.391 e. The van der Waals surface area contributed by atoms with Crippen molar-refractivity contribution in [3.05, 3.63) is 35.9 Å². The van der Waals surface area contributed by atoms with Gasteiger partial charge in [0, 0.05) is 48.1 Å². The van der Waals surface area contributed by atoms with Crippen LogP contribution in [0.1, 0.15) is 19.4 Å². The number of rotatable bonds is 9. The number of benzene rings is 1. The Morgan fingerprint density at radius 2 is 2.10 bits per heavy atom. The van der Waals surface area contributed by atoms with Gasteiger partial charge in [-0.25, -0.2) is 4.98 Å². The molecule has 1 fully saturated rings. The molecule has 1 aliphatic heterocycles. The van der Waals surface area contributed by atoms with E-state index in [0.717, 1.165) is 46.3 Å². The predicted molar refractivity (Wildman–Crippen MR) is 125 cm³/mol. The van der Waals surface area contributed by atoms with Crippen LogP contribution in [0.3, 0.4) is 0 Å². The van der Waals surface area contributed by atoms with Crippen LogP contribution in [0.2, 0.25) is 0 Å². The monoisotopic (exact) mass is 429 g/mol. The number of nitrogens with zero attached hydrogens (tertiary/aromatic N) is 2. The molecule has 162 valence electrons. The molecule has 8 heteroatoms. The summed E-state index contributed by atoms with van der Waals surface area (Å²) in [4.78, 5) is 8.18. The first-order valence-electron chi connectivity index (χ1n) is 10.3. The number of aliphatic hydroxyl groups is 1. The Morgan fingerprint density at radius 3 is 2.77 bits per heavy atom. The third-order valence-electron chi connectivity index (χ3n) is 4.80. The van der Waals surface area contributed by atoms with Gasteiger partial charge in [-0.2, -0.15) is 0 Å². The molecule has 30 heavy (non-hydrogen) atoms. The van der Waals surface area contributed by atoms with Gasteiger partial charge in [-0.1, -0.05) is 12.1 Å². The predicted octanol–water partition coefficient (Wildman–Crippen LogP) is 2.81. The number of nitrogens with one attached hydrogen (secondary N) is 2. The second kappa shape index (κ2) is 10.8. The Bertz CT molecular complexity index is 855. The number of morpholine rings is 1. The lowest BCUT2D eigenvalue weighted by Crippen LogP contribution is -2.37. The van der Waals surface area contributed by atoms with Gasteiger partial charge in [0.05, 0.1) is 36.3 Å². The highest BCUT2D eigenvalue weighted by Crippen LogP contribution is 2.33. The van der Waals surface area contributed by atoms with E-state index in [4.69, 9.17) is 20.9 Å². The minimum atomic E-state index is -0.515. The topological polar surface area (TPSA) is 107 Å². The SMILES string of the molecule is CC(C)Nc1nc(-c2cccc(SCC(O)CN)c2)cc(N2CCOCC2)c1C=N. The fourth-order valence-electron chi connectivity index (χ4n) is 3.29. The second-order valence-corrected chi connectivity index (χ2v) is 8.65. The van der Waals surface area contributed by atoms with Crippen LogP contribution >= 0.6 is 11.8 Å². The van der Waals surface area contributed by atoms with E-state index in [1.807, 2.05) is 18.2 Å². The molecular weight excluding hydrogens is 398 g/mol. The van der Waals surface area contributed by atoms with Gasteiger partial charge in [0.2, 0.25) is 0 Å². The third kappa shape index (κ3) is 5.72. The van der Waals surface area contributed by atoms with Crippen molar-refractivity contribution in [3.63, 3.8) is 0 Å². The maximum absolute atomic E-state index is 9.76. The molecule has 0 spiro atoms. The first-order chi connectivity index (χ1) is 14.5. The van der Waals surface area contributed by atoms with E-state index in [-0.39, 0.29) is 12.6 Å². The van der Waals surface area contributed by atoms with E-state index in [2.05, 4.69) is 36.2 Å². The molecule has 2 heterocycles. The van der Waals surface area contributed by atoms with E-state index < -0.39 is 6.10 Å². The van der Waals surface area contributed by atoms with Gasteiger partial charge in [-0.3, -0.25) is 0 Å². The number of ether oxygens (including phenoxy) is 1. The number of thioether (sulfide) groups is 1. The molecule has 3 rings (SSSR count). The van der Waals surface area contributed by atoms with E-state index in [1.165, 1.54) is 6.21 Å². The van der Waals surface area contributed by atoms with Crippen molar-refractivity contribution < 1.29 is 9.84 Å². The fourth-order valence-corrected chi connectivity index (χ4v) is 4.19. The molecule has 1 aromatic carbocycles. The summed E-state index contributed by atoms with van der Waals surface area (Å²) in [6.07, 6.45) is 0.866. The molecule has 0 bridgehead atoms. The van der Waals surface area contributed by atoms with Crippen molar-refractivity contribution in [2.75, 3.05) is 48.8 Å². The Hall–Kier alpha value is -2.13. The summed E-state index contributed by atoms with van der Waals surface area (Å²) in [7, 11) is 0. The van der Waals surface area contributed by atoms with Gasteiger partial charge in [0.1, 0.15) is 5.82 Å². The Kier molecular flexibility index (Phi) is 8.09. The third-order valence-corrected chi connectivity index (χ3v) is 5.94. The summed E-state index contributed by atoms with van der Waals surface area (Å²) in [5.74, 6) is 1.27. The Balaban J connectivity index is 2.00. The lowest BCUT2D eigenvalue weighted by molar-refractivity contribution is 0.122. The van der Waals surface area contributed by atoms with Crippen LogP contribution in [0, 0.1) is 5.41 Å². The number of aromatic nitrogens is 1. The number of aliphatic hydroxyl groups excluding tert-OH is 1. The number of pyridine rings is 1. The van der Waals surface area contributed by atoms with Crippen LogP contribution in [-0.2, 0) is 4.74 Å². The van der Waals surface area contributed by atoms with Gasteiger partial charge in [-0.05, 0) is 32.0 Å². The number of hydrogen-bond donors (Lipinski definition) is 4. The summed E-state index contributed by atoms with van der Waals surface area (Å²) in [6, 6.07) is 10.4. The van der Waals surface area contributed by atoms with E-state index >= 15 is 0 Å². The van der Waals surface area contributed by atoms with Crippen LogP contribution < -0.4 is 16.0 Å². The van der Waals surface area contributed by atoms with Crippen molar-refractivity contribution in [1.82, 2.24) is 4.98 Å². The Morgan fingerprint density at radius 1 is 1.33 bits per heavy atom. The molecule has 5 N–H and O–H groups in total. The summed E-state index contributed by atoms with van der Waals surface area (Å²) >= 11 is 1.58. The molecule has 7 nitrogen and oxygen atoms in total. The van der Waals surface area contributed by atoms with Gasteiger partial charge >= 0.3 is 0 Å². The molecule has 0 aliphatic carbocycles. The van der Waals surface area contributed by atoms with Crippen LogP contribution in [0.5, 0.6) is 0 Å². The molecule has 0 amide bonds. The lowest BCUT2D eigenvalue weighted by atomic mass is 10.1. The highest BCUT2D eigenvalue weighted by Gasteiger charge is 2.20. The van der Waals surface area contributed by atoms with Crippen LogP contribution in [0.4, 0.5) is 11.5 Å². The molecule has 2 aromatic rings. The summed E-state index contributed by atoms with van der Waals surface area (Å²) in [6.45, 7) is 7.32. The highest BCUT2D eigenvalue weighted by molar-refractivity contribution is 7.99. The zero-order chi connectivity index (χ0) is 21.5. The van der Waals surface area contributed by atoms with Crippen molar-refractivity contribution in [1.29, 1.82) is 5.41 Å². The van der Waals surface area contributed by atoms with Gasteiger partial charge in [0.25, 0.3) is 0 Å². The molecule has 1 aromatic heterocycles. The summed E-state index contributed by atoms with van der Waals surface area (Å²) in [5.41, 5.74) is 9.17. The number of nitrogens with two attached hydrogens (primary N) is 1. The molecular formula is C22H31N5O2S. The Labute approximate surface area is 182 Å². The van der Waals surface area contributed by atoms with E-state index in [0.29, 0.717) is 19.0 Å². The summed E-state index contributed by atoms with van der Waals surface area (Å²) in [5, 5.41) is 21.2. The maximum atomic E-state index is 9.76. The number of hydrogen-bond acceptors (Lipinski definition) is 8. The van der Waals surface area contributed by atoms with Crippen molar-refractivity contribution >= 4 is 29.5 Å².